The maximum atomic E-state index is 2.65. The molecule has 27 heavy (non-hydrogen) atoms. The van der Waals surface area contributed by atoms with Crippen LogP contribution in [0.3, 0.4) is 0 Å². The third-order valence-electron chi connectivity index (χ3n) is 6.50. The van der Waals surface area contributed by atoms with Gasteiger partial charge in [-0.05, 0) is 74.0 Å². The number of fused-ring (bicyclic) bond motifs is 2. The summed E-state index contributed by atoms with van der Waals surface area (Å²) in [6, 6.07) is 11.5. The minimum absolute atomic E-state index is 0. The molecule has 0 amide bonds. The summed E-state index contributed by atoms with van der Waals surface area (Å²) < 4.78 is 0. The summed E-state index contributed by atoms with van der Waals surface area (Å²) in [6.45, 7) is 7.21. The summed E-state index contributed by atoms with van der Waals surface area (Å²) in [6.07, 6.45) is 11.2. The number of benzene rings is 2. The molecule has 0 unspecified atom stereocenters. The van der Waals surface area contributed by atoms with Crippen molar-refractivity contribution in [2.24, 2.45) is 0 Å². The number of hydrogen-bond acceptors (Lipinski definition) is 2. The smallest absolute Gasteiger partial charge is 0.0517 e. The number of nitrogens with zero attached hydrogens (tertiary/aromatic N) is 2. The molecule has 0 N–H and O–H groups in total. The molecular formula is C24H29ClN2. The second-order valence-electron chi connectivity index (χ2n) is 8.02. The van der Waals surface area contributed by atoms with Gasteiger partial charge in [0, 0.05) is 24.3 Å². The minimum Gasteiger partial charge on any atom is -0.340 e. The van der Waals surface area contributed by atoms with Gasteiger partial charge in [0.15, 0.2) is 0 Å². The van der Waals surface area contributed by atoms with Gasteiger partial charge in [0.1, 0.15) is 0 Å². The first-order valence-corrected chi connectivity index (χ1v) is 10.2. The van der Waals surface area contributed by atoms with Crippen molar-refractivity contribution in [3.05, 3.63) is 58.1 Å². The first-order valence-electron chi connectivity index (χ1n) is 10.2. The van der Waals surface area contributed by atoms with Crippen LogP contribution in [0.2, 0.25) is 0 Å². The van der Waals surface area contributed by atoms with E-state index >= 15 is 0 Å². The lowest BCUT2D eigenvalue weighted by Crippen LogP contribution is -2.31. The van der Waals surface area contributed by atoms with Crippen LogP contribution < -0.4 is 4.90 Å². The fourth-order valence-electron chi connectivity index (χ4n) is 4.97. The molecule has 0 spiro atoms. The largest absolute Gasteiger partial charge is 0.340 e. The Morgan fingerprint density at radius 3 is 2.63 bits per heavy atom. The van der Waals surface area contributed by atoms with Gasteiger partial charge in [-0.25, -0.2) is 0 Å². The Balaban J connectivity index is 0.00000180. The fraction of sp³-hybridized carbons (Fsp3) is 0.417. The molecule has 2 aromatic rings. The van der Waals surface area contributed by atoms with Crippen molar-refractivity contribution >= 4 is 35.9 Å². The molecule has 0 radical (unpaired) electrons. The molecule has 0 saturated carbocycles. The number of halogens is 1. The van der Waals surface area contributed by atoms with Crippen LogP contribution in [0.25, 0.3) is 12.2 Å². The Morgan fingerprint density at radius 1 is 0.926 bits per heavy atom. The molecule has 0 aliphatic carbocycles. The van der Waals surface area contributed by atoms with Gasteiger partial charge in [-0.1, -0.05) is 42.8 Å². The van der Waals surface area contributed by atoms with Crippen LogP contribution in [-0.4, -0.2) is 31.1 Å². The van der Waals surface area contributed by atoms with Gasteiger partial charge in [-0.3, -0.25) is 0 Å². The number of hydrogen-bond donors (Lipinski definition) is 0. The minimum atomic E-state index is 0. The Bertz CT molecular complexity index is 865. The van der Waals surface area contributed by atoms with Crippen LogP contribution in [0.4, 0.5) is 11.4 Å². The lowest BCUT2D eigenvalue weighted by atomic mass is 9.97. The van der Waals surface area contributed by atoms with E-state index in [0.29, 0.717) is 0 Å². The molecule has 3 heteroatoms. The Morgan fingerprint density at radius 2 is 1.78 bits per heavy atom. The molecule has 2 aromatic carbocycles. The van der Waals surface area contributed by atoms with Crippen molar-refractivity contribution < 1.29 is 0 Å². The number of likely N-dealkylation sites (tertiary alicyclic amines) is 1. The van der Waals surface area contributed by atoms with Crippen LogP contribution in [0, 0.1) is 6.92 Å². The second-order valence-corrected chi connectivity index (χ2v) is 8.02. The summed E-state index contributed by atoms with van der Waals surface area (Å²) >= 11 is 0. The zero-order valence-corrected chi connectivity index (χ0v) is 17.0. The molecule has 2 nitrogen and oxygen atoms in total. The lowest BCUT2D eigenvalue weighted by molar-refractivity contribution is 0.231. The highest BCUT2D eigenvalue weighted by Crippen LogP contribution is 2.43. The van der Waals surface area contributed by atoms with Crippen molar-refractivity contribution in [3.63, 3.8) is 0 Å². The van der Waals surface area contributed by atoms with Crippen molar-refractivity contribution in [2.75, 3.05) is 31.1 Å². The van der Waals surface area contributed by atoms with Gasteiger partial charge < -0.3 is 9.80 Å². The van der Waals surface area contributed by atoms with Crippen LogP contribution in [0.15, 0.2) is 30.3 Å². The first kappa shape index (κ1) is 18.6. The number of para-hydroxylation sites is 1. The van der Waals surface area contributed by atoms with Gasteiger partial charge in [-0.15, -0.1) is 12.4 Å². The van der Waals surface area contributed by atoms with Crippen molar-refractivity contribution in [1.29, 1.82) is 0 Å². The third kappa shape index (κ3) is 3.30. The van der Waals surface area contributed by atoms with Gasteiger partial charge in [-0.2, -0.15) is 0 Å². The zero-order valence-electron chi connectivity index (χ0n) is 16.2. The Labute approximate surface area is 169 Å². The van der Waals surface area contributed by atoms with E-state index in [1.165, 1.54) is 84.5 Å². The summed E-state index contributed by atoms with van der Waals surface area (Å²) in [5.41, 5.74) is 10.1. The molecular weight excluding hydrogens is 352 g/mol. The Hall–Kier alpha value is -1.77. The van der Waals surface area contributed by atoms with E-state index in [-0.39, 0.29) is 12.4 Å². The predicted octanol–water partition coefficient (Wildman–Crippen LogP) is 5.62. The van der Waals surface area contributed by atoms with Gasteiger partial charge >= 0.3 is 0 Å². The molecule has 5 rings (SSSR count). The van der Waals surface area contributed by atoms with E-state index in [0.717, 1.165) is 13.0 Å². The summed E-state index contributed by atoms with van der Waals surface area (Å²) in [5, 5.41) is 0. The SMILES string of the molecule is Cc1c(CCN2CCCCC2)ccc2c1C=Cc1cccc3c1N2CC3.Cl. The monoisotopic (exact) mass is 380 g/mol. The van der Waals surface area contributed by atoms with E-state index in [1.54, 1.807) is 0 Å². The van der Waals surface area contributed by atoms with E-state index in [4.69, 9.17) is 0 Å². The third-order valence-corrected chi connectivity index (χ3v) is 6.50. The molecule has 142 valence electrons. The van der Waals surface area contributed by atoms with Crippen molar-refractivity contribution in [1.82, 2.24) is 4.90 Å². The number of rotatable bonds is 3. The molecule has 3 heterocycles. The second kappa shape index (κ2) is 7.69. The standard InChI is InChI=1S/C24H28N2.ClH/c1-18-19(12-16-25-14-3-2-4-15-25)9-11-23-22(18)10-8-20-6-5-7-21-13-17-26(23)24(20)21;/h5-11H,2-4,12-17H2,1H3;1H. The molecule has 3 aliphatic heterocycles. The lowest BCUT2D eigenvalue weighted by Gasteiger charge is -2.27. The zero-order chi connectivity index (χ0) is 17.5. The average molecular weight is 381 g/mol. The molecule has 0 aromatic heterocycles. The molecule has 3 aliphatic rings. The number of anilines is 2. The Kier molecular flexibility index (Phi) is 5.29. The van der Waals surface area contributed by atoms with Gasteiger partial charge in [0.2, 0.25) is 0 Å². The van der Waals surface area contributed by atoms with Crippen LogP contribution in [-0.2, 0) is 12.8 Å². The van der Waals surface area contributed by atoms with Crippen LogP contribution in [0.5, 0.6) is 0 Å². The summed E-state index contributed by atoms with van der Waals surface area (Å²) in [7, 11) is 0. The van der Waals surface area contributed by atoms with Crippen molar-refractivity contribution in [3.8, 4) is 0 Å². The average Bonchev–Trinajstić information content (AvgIpc) is 3.03. The van der Waals surface area contributed by atoms with Gasteiger partial charge in [0.25, 0.3) is 0 Å². The highest BCUT2D eigenvalue weighted by Gasteiger charge is 2.26. The highest BCUT2D eigenvalue weighted by atomic mass is 35.5. The first-order chi connectivity index (χ1) is 12.8. The molecule has 0 bridgehead atoms. The maximum Gasteiger partial charge on any atom is 0.0517 e. The highest BCUT2D eigenvalue weighted by molar-refractivity contribution is 5.92. The van der Waals surface area contributed by atoms with Crippen LogP contribution >= 0.6 is 12.4 Å². The van der Waals surface area contributed by atoms with Crippen LogP contribution in [0.1, 0.15) is 47.1 Å². The predicted molar refractivity (Wildman–Crippen MR) is 119 cm³/mol. The van der Waals surface area contributed by atoms with E-state index in [2.05, 4.69) is 59.2 Å². The normalized spacial score (nSPS) is 17.9. The maximum absolute atomic E-state index is 2.65. The topological polar surface area (TPSA) is 6.48 Å². The van der Waals surface area contributed by atoms with Crippen molar-refractivity contribution in [2.45, 2.75) is 39.0 Å². The molecule has 1 fully saturated rings. The fourth-order valence-corrected chi connectivity index (χ4v) is 4.97. The van der Waals surface area contributed by atoms with E-state index < -0.39 is 0 Å². The summed E-state index contributed by atoms with van der Waals surface area (Å²) in [5.74, 6) is 0. The number of piperidine rings is 1. The molecule has 1 saturated heterocycles. The molecule has 0 atom stereocenters. The van der Waals surface area contributed by atoms with Gasteiger partial charge in [0.05, 0.1) is 5.69 Å². The van der Waals surface area contributed by atoms with E-state index in [9.17, 15) is 0 Å². The quantitative estimate of drug-likeness (QED) is 0.681. The van der Waals surface area contributed by atoms with E-state index in [1.807, 2.05) is 0 Å². The summed E-state index contributed by atoms with van der Waals surface area (Å²) in [4.78, 5) is 5.19.